The van der Waals surface area contributed by atoms with Crippen LogP contribution >= 0.6 is 0 Å². The van der Waals surface area contributed by atoms with Crippen LogP contribution in [0.5, 0.6) is 0 Å². The van der Waals surface area contributed by atoms with Crippen LogP contribution < -0.4 is 0 Å². The molecule has 2 rings (SSSR count). The molecule has 18 heavy (non-hydrogen) atoms. The van der Waals surface area contributed by atoms with E-state index in [1.807, 2.05) is 6.20 Å². The first kappa shape index (κ1) is 13.1. The van der Waals surface area contributed by atoms with Gasteiger partial charge in [-0.05, 0) is 51.9 Å². The maximum atomic E-state index is 9.60. The minimum Gasteiger partial charge on any atom is -0.378 e. The van der Waals surface area contributed by atoms with Gasteiger partial charge in [-0.1, -0.05) is 11.8 Å². The molecule has 0 aliphatic carbocycles. The van der Waals surface area contributed by atoms with E-state index in [9.17, 15) is 5.11 Å². The number of rotatable bonds is 1. The van der Waals surface area contributed by atoms with Gasteiger partial charge in [0.15, 0.2) is 0 Å². The predicted octanol–water partition coefficient (Wildman–Crippen LogP) is 1.97. The number of hydrogen-bond acceptors (Lipinski definition) is 3. The van der Waals surface area contributed by atoms with E-state index >= 15 is 0 Å². The third-order valence-electron chi connectivity index (χ3n) is 3.18. The number of aromatic nitrogens is 1. The minimum atomic E-state index is -0.958. The van der Waals surface area contributed by atoms with E-state index in [4.69, 9.17) is 0 Å². The van der Waals surface area contributed by atoms with Crippen molar-refractivity contribution in [2.45, 2.75) is 38.3 Å². The molecule has 2 heterocycles. The minimum absolute atomic E-state index is 0.460. The summed E-state index contributed by atoms with van der Waals surface area (Å²) >= 11 is 0. The Labute approximate surface area is 109 Å². The lowest BCUT2D eigenvalue weighted by Gasteiger charge is -2.19. The van der Waals surface area contributed by atoms with Gasteiger partial charge in [0.1, 0.15) is 5.60 Å². The second-order valence-corrected chi connectivity index (χ2v) is 5.45. The highest BCUT2D eigenvalue weighted by molar-refractivity contribution is 5.37. The molecule has 0 bridgehead atoms. The van der Waals surface area contributed by atoms with E-state index in [2.05, 4.69) is 34.8 Å². The maximum Gasteiger partial charge on any atom is 0.120 e. The summed E-state index contributed by atoms with van der Waals surface area (Å²) in [6.45, 7) is 4.51. The van der Waals surface area contributed by atoms with Gasteiger partial charge in [0.25, 0.3) is 0 Å². The molecule has 0 radical (unpaired) electrons. The third-order valence-corrected chi connectivity index (χ3v) is 3.18. The average molecular weight is 244 g/mol. The highest BCUT2D eigenvalue weighted by Gasteiger charge is 2.22. The normalized spacial score (nSPS) is 20.6. The van der Waals surface area contributed by atoms with Crippen molar-refractivity contribution in [3.05, 3.63) is 29.6 Å². The SMILES string of the molecule is CN1CCCC1c1cncc(C#CC(C)(C)O)c1. The summed E-state index contributed by atoms with van der Waals surface area (Å²) in [4.78, 5) is 6.60. The highest BCUT2D eigenvalue weighted by atomic mass is 16.3. The summed E-state index contributed by atoms with van der Waals surface area (Å²) in [6, 6.07) is 2.54. The van der Waals surface area contributed by atoms with Crippen LogP contribution in [0.2, 0.25) is 0 Å². The Bertz CT molecular complexity index is 479. The Kier molecular flexibility index (Phi) is 3.70. The standard InChI is InChI=1S/C15H20N2O/c1-15(2,18)7-6-12-9-13(11-16-10-12)14-5-4-8-17(14)3/h9-11,14,18H,4-5,8H2,1-3H3. The van der Waals surface area contributed by atoms with Crippen molar-refractivity contribution in [2.75, 3.05) is 13.6 Å². The van der Waals surface area contributed by atoms with Gasteiger partial charge in [0, 0.05) is 24.0 Å². The lowest BCUT2D eigenvalue weighted by molar-refractivity contribution is 0.143. The van der Waals surface area contributed by atoms with E-state index in [0.29, 0.717) is 6.04 Å². The van der Waals surface area contributed by atoms with Gasteiger partial charge < -0.3 is 5.11 Å². The Morgan fingerprint density at radius 2 is 2.22 bits per heavy atom. The van der Waals surface area contributed by atoms with E-state index in [1.54, 1.807) is 20.0 Å². The smallest absolute Gasteiger partial charge is 0.120 e. The molecule has 3 nitrogen and oxygen atoms in total. The Morgan fingerprint density at radius 1 is 1.44 bits per heavy atom. The Hall–Kier alpha value is -1.37. The van der Waals surface area contributed by atoms with Crippen LogP contribution in [-0.4, -0.2) is 34.2 Å². The van der Waals surface area contributed by atoms with Gasteiger partial charge >= 0.3 is 0 Å². The van der Waals surface area contributed by atoms with Crippen molar-refractivity contribution in [2.24, 2.45) is 0 Å². The van der Waals surface area contributed by atoms with Crippen molar-refractivity contribution in [3.63, 3.8) is 0 Å². The van der Waals surface area contributed by atoms with Gasteiger partial charge in [0.2, 0.25) is 0 Å². The predicted molar refractivity (Wildman–Crippen MR) is 72.0 cm³/mol. The fourth-order valence-electron chi connectivity index (χ4n) is 2.26. The van der Waals surface area contributed by atoms with E-state index in [1.165, 1.54) is 18.4 Å². The van der Waals surface area contributed by atoms with Gasteiger partial charge in [-0.25, -0.2) is 0 Å². The molecule has 1 aromatic rings. The average Bonchev–Trinajstić information content (AvgIpc) is 2.72. The molecule has 0 amide bonds. The zero-order chi connectivity index (χ0) is 13.2. The molecule has 0 saturated carbocycles. The summed E-state index contributed by atoms with van der Waals surface area (Å²) in [7, 11) is 2.15. The Morgan fingerprint density at radius 3 is 2.83 bits per heavy atom. The monoisotopic (exact) mass is 244 g/mol. The molecular weight excluding hydrogens is 224 g/mol. The topological polar surface area (TPSA) is 36.4 Å². The maximum absolute atomic E-state index is 9.60. The van der Waals surface area contributed by atoms with Gasteiger partial charge in [0.05, 0.1) is 0 Å². The molecule has 1 aromatic heterocycles. The van der Waals surface area contributed by atoms with E-state index in [-0.39, 0.29) is 0 Å². The molecule has 1 fully saturated rings. The molecule has 1 aliphatic rings. The van der Waals surface area contributed by atoms with Crippen LogP contribution in [-0.2, 0) is 0 Å². The summed E-state index contributed by atoms with van der Waals surface area (Å²) in [5.74, 6) is 5.80. The first-order chi connectivity index (χ1) is 8.46. The molecule has 1 unspecified atom stereocenters. The van der Waals surface area contributed by atoms with Gasteiger partial charge in [-0.2, -0.15) is 0 Å². The van der Waals surface area contributed by atoms with Crippen molar-refractivity contribution in [3.8, 4) is 11.8 Å². The lowest BCUT2D eigenvalue weighted by atomic mass is 10.0. The summed E-state index contributed by atoms with van der Waals surface area (Å²) in [5, 5.41) is 9.60. The van der Waals surface area contributed by atoms with Crippen molar-refractivity contribution >= 4 is 0 Å². The second-order valence-electron chi connectivity index (χ2n) is 5.45. The largest absolute Gasteiger partial charge is 0.378 e. The fourth-order valence-corrected chi connectivity index (χ4v) is 2.26. The molecule has 96 valence electrons. The molecule has 1 atom stereocenters. The Balaban J connectivity index is 2.22. The third kappa shape index (κ3) is 3.32. The number of hydrogen-bond donors (Lipinski definition) is 1. The summed E-state index contributed by atoms with van der Waals surface area (Å²) in [5.41, 5.74) is 1.13. The molecule has 0 aromatic carbocycles. The molecule has 3 heteroatoms. The quantitative estimate of drug-likeness (QED) is 0.767. The van der Waals surface area contributed by atoms with Crippen LogP contribution in [0, 0.1) is 11.8 Å². The van der Waals surface area contributed by atoms with Crippen molar-refractivity contribution < 1.29 is 5.11 Å². The highest BCUT2D eigenvalue weighted by Crippen LogP contribution is 2.29. The van der Waals surface area contributed by atoms with E-state index < -0.39 is 5.60 Å². The fraction of sp³-hybridized carbons (Fsp3) is 0.533. The van der Waals surface area contributed by atoms with Gasteiger partial charge in [-0.15, -0.1) is 0 Å². The second kappa shape index (κ2) is 5.09. The van der Waals surface area contributed by atoms with Crippen molar-refractivity contribution in [1.29, 1.82) is 0 Å². The van der Waals surface area contributed by atoms with Crippen LogP contribution in [0.1, 0.15) is 43.9 Å². The number of nitrogens with zero attached hydrogens (tertiary/aromatic N) is 2. The van der Waals surface area contributed by atoms with Crippen LogP contribution in [0.3, 0.4) is 0 Å². The zero-order valence-corrected chi connectivity index (χ0v) is 11.3. The van der Waals surface area contributed by atoms with Crippen molar-refractivity contribution in [1.82, 2.24) is 9.88 Å². The van der Waals surface area contributed by atoms with Crippen LogP contribution in [0.4, 0.5) is 0 Å². The zero-order valence-electron chi connectivity index (χ0n) is 11.3. The molecule has 1 saturated heterocycles. The first-order valence-electron chi connectivity index (χ1n) is 6.36. The molecule has 1 aliphatic heterocycles. The molecular formula is C15H20N2O. The number of aliphatic hydroxyl groups is 1. The van der Waals surface area contributed by atoms with E-state index in [0.717, 1.165) is 12.1 Å². The molecule has 0 spiro atoms. The molecule has 1 N–H and O–H groups in total. The van der Waals surface area contributed by atoms with Crippen LogP contribution in [0.25, 0.3) is 0 Å². The first-order valence-corrected chi connectivity index (χ1v) is 6.36. The van der Waals surface area contributed by atoms with Gasteiger partial charge in [-0.3, -0.25) is 9.88 Å². The summed E-state index contributed by atoms with van der Waals surface area (Å²) < 4.78 is 0. The number of pyridine rings is 1. The number of likely N-dealkylation sites (tertiary alicyclic amines) is 1. The van der Waals surface area contributed by atoms with Crippen LogP contribution in [0.15, 0.2) is 18.5 Å². The lowest BCUT2D eigenvalue weighted by Crippen LogP contribution is -2.17. The summed E-state index contributed by atoms with van der Waals surface area (Å²) in [6.07, 6.45) is 6.08.